The van der Waals surface area contributed by atoms with E-state index in [1.165, 1.54) is 26.0 Å². The number of rotatable bonds is 33. The molecule has 0 saturated carbocycles. The van der Waals surface area contributed by atoms with Crippen molar-refractivity contribution >= 4 is 87.6 Å². The summed E-state index contributed by atoms with van der Waals surface area (Å²) >= 11 is 1.87. The number of halogens is 1. The van der Waals surface area contributed by atoms with E-state index in [-0.39, 0.29) is 43.3 Å². The summed E-state index contributed by atoms with van der Waals surface area (Å²) in [6, 6.07) is -7.06. The molecule has 26 heteroatoms. The third-order valence-electron chi connectivity index (χ3n) is 11.1. The average Bonchev–Trinajstić information content (AvgIpc) is 3.27. The van der Waals surface area contributed by atoms with Gasteiger partial charge >= 0.3 is 5.97 Å². The predicted octanol–water partition coefficient (Wildman–Crippen LogP) is -2.08. The number of unbranched alkanes of at least 4 members (excludes halogenated alkanes) is 1. The molecular formula is C47H76IN11O14. The van der Waals surface area contributed by atoms with Crippen LogP contribution in [0.3, 0.4) is 0 Å². The molecule has 0 radical (unpaired) electrons. The number of phenolic OH excluding ortho intramolecular Hbond substituents is 1. The fraction of sp³-hybridized carbons (Fsp3) is 0.638. The molecule has 10 amide bonds. The molecule has 0 spiro atoms. The molecule has 0 saturated heterocycles. The van der Waals surface area contributed by atoms with Crippen molar-refractivity contribution in [3.63, 3.8) is 0 Å². The van der Waals surface area contributed by atoms with E-state index in [2.05, 4.69) is 42.5 Å². The lowest BCUT2D eigenvalue weighted by atomic mass is 9.98. The summed E-state index contributed by atoms with van der Waals surface area (Å²) in [7, 11) is 0. The minimum Gasteiger partial charge on any atom is -0.507 e. The van der Waals surface area contributed by atoms with Crippen molar-refractivity contribution in [3.8, 4) is 5.75 Å². The van der Waals surface area contributed by atoms with Gasteiger partial charge in [-0.2, -0.15) is 0 Å². The van der Waals surface area contributed by atoms with Crippen molar-refractivity contribution < 1.29 is 68.1 Å². The van der Waals surface area contributed by atoms with Gasteiger partial charge in [-0.15, -0.1) is 0 Å². The Morgan fingerprint density at radius 2 is 1.04 bits per heavy atom. The molecule has 0 bridgehead atoms. The highest BCUT2D eigenvalue weighted by Crippen LogP contribution is 2.21. The van der Waals surface area contributed by atoms with E-state index in [0.29, 0.717) is 28.5 Å². The maximum Gasteiger partial charge on any atom is 0.303 e. The van der Waals surface area contributed by atoms with Crippen molar-refractivity contribution in [2.45, 2.75) is 168 Å². The van der Waals surface area contributed by atoms with Crippen molar-refractivity contribution in [2.75, 3.05) is 6.54 Å². The Balaban J connectivity index is 3.50. The summed E-state index contributed by atoms with van der Waals surface area (Å²) in [5.74, 6) is -11.7. The summed E-state index contributed by atoms with van der Waals surface area (Å²) in [5.41, 5.74) is 16.9. The van der Waals surface area contributed by atoms with E-state index in [9.17, 15) is 68.1 Å². The maximum absolute atomic E-state index is 14.1. The van der Waals surface area contributed by atoms with Crippen LogP contribution >= 0.6 is 22.6 Å². The van der Waals surface area contributed by atoms with E-state index in [0.717, 1.165) is 0 Å². The molecule has 0 aliphatic rings. The number of amides is 10. The smallest absolute Gasteiger partial charge is 0.303 e. The second-order valence-corrected chi connectivity index (χ2v) is 20.2. The number of nitrogens with one attached hydrogen (secondary N) is 8. The van der Waals surface area contributed by atoms with Crippen LogP contribution in [0, 0.1) is 21.3 Å². The molecule has 1 aromatic carbocycles. The van der Waals surface area contributed by atoms with Gasteiger partial charge in [0.15, 0.2) is 0 Å². The largest absolute Gasteiger partial charge is 0.507 e. The number of aliphatic carboxylic acids is 1. The van der Waals surface area contributed by atoms with E-state index >= 15 is 0 Å². The monoisotopic (exact) mass is 1150 g/mol. The van der Waals surface area contributed by atoms with Crippen LogP contribution in [-0.4, -0.2) is 141 Å². The first-order valence-corrected chi connectivity index (χ1v) is 25.1. The number of aliphatic hydroxyl groups excluding tert-OH is 1. The molecule has 25 nitrogen and oxygen atoms in total. The quantitative estimate of drug-likeness (QED) is 0.0265. The molecule has 17 N–H and O–H groups in total. The highest BCUT2D eigenvalue weighted by atomic mass is 127. The number of carbonyl (C=O) groups excluding carboxylic acids is 10. The number of nitrogens with two attached hydrogens (primary N) is 3. The van der Waals surface area contributed by atoms with Crippen LogP contribution in [0.4, 0.5) is 0 Å². The topological polar surface area (TPSA) is 423 Å². The van der Waals surface area contributed by atoms with Gasteiger partial charge in [-0.3, -0.25) is 52.7 Å². The van der Waals surface area contributed by atoms with Crippen LogP contribution in [0.1, 0.15) is 112 Å². The fourth-order valence-electron chi connectivity index (χ4n) is 7.31. The van der Waals surface area contributed by atoms with Gasteiger partial charge in [0, 0.05) is 19.8 Å². The number of aromatic hydroxyl groups is 1. The van der Waals surface area contributed by atoms with Gasteiger partial charge in [-0.1, -0.05) is 47.6 Å². The summed E-state index contributed by atoms with van der Waals surface area (Å²) in [5, 5.41) is 49.6. The summed E-state index contributed by atoms with van der Waals surface area (Å²) in [4.78, 5) is 145. The van der Waals surface area contributed by atoms with Gasteiger partial charge in [0.25, 0.3) is 0 Å². The number of aliphatic hydroxyl groups is 1. The van der Waals surface area contributed by atoms with Gasteiger partial charge in [0.05, 0.1) is 16.1 Å². The Bertz CT molecular complexity index is 2110. The molecule has 73 heavy (non-hydrogen) atoms. The Labute approximate surface area is 438 Å². The second kappa shape index (κ2) is 32.1. The third-order valence-corrected chi connectivity index (χ3v) is 11.9. The first-order chi connectivity index (χ1) is 34.0. The van der Waals surface area contributed by atoms with E-state index in [1.54, 1.807) is 47.6 Å². The Morgan fingerprint density at radius 1 is 0.589 bits per heavy atom. The minimum atomic E-state index is -1.73. The second-order valence-electron chi connectivity index (χ2n) is 19.1. The van der Waals surface area contributed by atoms with Crippen LogP contribution in [-0.2, 0) is 59.2 Å². The molecule has 0 heterocycles. The third kappa shape index (κ3) is 24.4. The standard InChI is InChI=1S/C47H76IN11O14/c1-22(2)17-31(54-42(68)30(13-15-37(64)65)53-41(67)29(52-26(8)61)11-9-10-16-49)43(69)56-34(21-36(50)63)46(72)58-38(24(5)6)47(73)57-32(18-23(3)4)44(70)55-33(20-27-12-14-35(62)28(48)19-27)45(71)59-39(25(7)60)40(51)66/h12,14,19,22-25,29-34,38-39,60,62H,9-11,13,15-18,20-21,49H2,1-8H3,(H2,50,63)(H2,51,66)(H,52,61)(H,53,67)(H,54,68)(H,55,70)(H,56,69)(H,57,73)(H,58,72)(H,59,71)(H,64,65)/t25?,29-,30-,31-,32-,33-,34-,38-,39-/m0/s1. The number of carboxylic acids is 1. The molecule has 9 atom stereocenters. The number of hydrogen-bond acceptors (Lipinski definition) is 14. The Kier molecular flexibility index (Phi) is 28.5. The van der Waals surface area contributed by atoms with Crippen molar-refractivity contribution in [1.29, 1.82) is 0 Å². The number of carboxylic acid groups (broad SMARTS) is 1. The zero-order valence-corrected chi connectivity index (χ0v) is 44.8. The highest BCUT2D eigenvalue weighted by molar-refractivity contribution is 14.1. The van der Waals surface area contributed by atoms with Gasteiger partial charge in [0.1, 0.15) is 54.1 Å². The van der Waals surface area contributed by atoms with E-state index in [4.69, 9.17) is 17.2 Å². The molecule has 0 aliphatic carbocycles. The molecule has 1 aromatic rings. The van der Waals surface area contributed by atoms with Gasteiger partial charge in [0.2, 0.25) is 59.1 Å². The minimum absolute atomic E-state index is 0.00814. The van der Waals surface area contributed by atoms with Gasteiger partial charge < -0.3 is 75.1 Å². The number of phenols is 1. The summed E-state index contributed by atoms with van der Waals surface area (Å²) in [6.45, 7) is 12.8. The van der Waals surface area contributed by atoms with Crippen LogP contribution in [0.5, 0.6) is 5.75 Å². The summed E-state index contributed by atoms with van der Waals surface area (Å²) in [6.07, 6.45) is -2.30. The molecule has 1 unspecified atom stereocenters. The number of hydrogen-bond donors (Lipinski definition) is 14. The lowest BCUT2D eigenvalue weighted by Gasteiger charge is -2.29. The van der Waals surface area contributed by atoms with Gasteiger partial charge in [-0.25, -0.2) is 0 Å². The molecule has 0 aromatic heterocycles. The van der Waals surface area contributed by atoms with Crippen molar-refractivity contribution in [3.05, 3.63) is 27.3 Å². The first kappa shape index (κ1) is 64.9. The van der Waals surface area contributed by atoms with Crippen LogP contribution < -0.4 is 59.7 Å². The zero-order valence-electron chi connectivity index (χ0n) is 42.7. The van der Waals surface area contributed by atoms with E-state index in [1.807, 2.05) is 22.6 Å². The van der Waals surface area contributed by atoms with Crippen molar-refractivity contribution in [1.82, 2.24) is 42.5 Å². The van der Waals surface area contributed by atoms with Crippen LogP contribution in [0.15, 0.2) is 18.2 Å². The summed E-state index contributed by atoms with van der Waals surface area (Å²) < 4.78 is 0.427. The fourth-order valence-corrected chi connectivity index (χ4v) is 7.88. The SMILES string of the molecule is CC(=O)N[C@@H](CCCCN)C(=O)N[C@@H](CCC(=O)O)C(=O)N[C@@H](CC(C)C)C(=O)N[C@@H](CC(N)=O)C(=O)N[C@H](C(=O)N[C@@H](CC(C)C)C(=O)N[C@@H](Cc1ccc(O)c(I)c1)C(=O)N[C@H](C(N)=O)C(C)O)C(C)C. The Hall–Kier alpha value is -6.16. The zero-order chi connectivity index (χ0) is 55.9. The van der Waals surface area contributed by atoms with Crippen LogP contribution in [0.2, 0.25) is 0 Å². The van der Waals surface area contributed by atoms with Gasteiger partial charge in [-0.05, 0) is 110 Å². The number of primary amides is 2. The first-order valence-electron chi connectivity index (χ1n) is 24.0. The number of carbonyl (C=O) groups is 11. The molecule has 410 valence electrons. The van der Waals surface area contributed by atoms with Crippen LogP contribution in [0.25, 0.3) is 0 Å². The molecule has 0 fully saturated rings. The maximum atomic E-state index is 14.1. The Morgan fingerprint density at radius 3 is 1.49 bits per heavy atom. The lowest BCUT2D eigenvalue weighted by Crippen LogP contribution is -2.62. The highest BCUT2D eigenvalue weighted by Gasteiger charge is 2.37. The lowest BCUT2D eigenvalue weighted by molar-refractivity contribution is -0.139. The molecule has 0 aliphatic heterocycles. The predicted molar refractivity (Wildman–Crippen MR) is 274 cm³/mol. The normalized spacial score (nSPS) is 14.9. The molecule has 1 rings (SSSR count). The molecular weight excluding hydrogens is 1070 g/mol. The average molecular weight is 1150 g/mol. The van der Waals surface area contributed by atoms with E-state index < -0.39 is 145 Å². The number of benzene rings is 1. The van der Waals surface area contributed by atoms with Crippen molar-refractivity contribution in [2.24, 2.45) is 35.0 Å².